The Labute approximate surface area is 152 Å². The van der Waals surface area contributed by atoms with E-state index in [1.807, 2.05) is 11.0 Å². The molecule has 0 radical (unpaired) electrons. The van der Waals surface area contributed by atoms with Gasteiger partial charge in [0.15, 0.2) is 0 Å². The van der Waals surface area contributed by atoms with Gasteiger partial charge < -0.3 is 20.2 Å². The molecular formula is C20H33N3O2. The van der Waals surface area contributed by atoms with Crippen LogP contribution in [0.5, 0.6) is 0 Å². The third kappa shape index (κ3) is 6.58. The van der Waals surface area contributed by atoms with E-state index in [9.17, 15) is 4.79 Å². The summed E-state index contributed by atoms with van der Waals surface area (Å²) in [4.78, 5) is 16.9. The van der Waals surface area contributed by atoms with E-state index in [2.05, 4.69) is 55.3 Å². The number of anilines is 1. The third-order valence-electron chi connectivity index (χ3n) is 4.48. The molecule has 5 nitrogen and oxygen atoms in total. The van der Waals surface area contributed by atoms with Crippen molar-refractivity contribution in [1.82, 2.24) is 10.2 Å². The number of benzene rings is 1. The number of nitrogens with zero attached hydrogens (tertiary/aromatic N) is 2. The summed E-state index contributed by atoms with van der Waals surface area (Å²) in [7, 11) is 0. The molecule has 0 saturated carbocycles. The molecule has 0 aromatic heterocycles. The number of hydrogen-bond donors (Lipinski definition) is 2. The summed E-state index contributed by atoms with van der Waals surface area (Å²) in [6, 6.07) is 10.7. The highest BCUT2D eigenvalue weighted by Crippen LogP contribution is 2.20. The van der Waals surface area contributed by atoms with E-state index < -0.39 is 0 Å². The SMILES string of the molecule is CC(C)(C)CN(CCCO)C(=O)NC1CCN(c2ccccc2)CC1. The van der Waals surface area contributed by atoms with Gasteiger partial charge in [-0.1, -0.05) is 39.0 Å². The number of piperidine rings is 1. The Bertz CT molecular complexity index is 519. The average molecular weight is 348 g/mol. The van der Waals surface area contributed by atoms with Crippen molar-refractivity contribution < 1.29 is 9.90 Å². The van der Waals surface area contributed by atoms with Gasteiger partial charge in [-0.3, -0.25) is 0 Å². The number of urea groups is 1. The number of hydrogen-bond acceptors (Lipinski definition) is 3. The molecule has 0 aliphatic carbocycles. The van der Waals surface area contributed by atoms with Crippen LogP contribution in [-0.2, 0) is 0 Å². The molecule has 0 atom stereocenters. The first kappa shape index (κ1) is 19.6. The maximum atomic E-state index is 12.7. The van der Waals surface area contributed by atoms with Gasteiger partial charge in [0.2, 0.25) is 0 Å². The molecule has 1 saturated heterocycles. The quantitative estimate of drug-likeness (QED) is 0.831. The van der Waals surface area contributed by atoms with E-state index in [1.54, 1.807) is 0 Å². The Morgan fingerprint density at radius 2 is 1.88 bits per heavy atom. The van der Waals surface area contributed by atoms with Gasteiger partial charge in [-0.25, -0.2) is 4.79 Å². The van der Waals surface area contributed by atoms with Crippen LogP contribution in [0.3, 0.4) is 0 Å². The van der Waals surface area contributed by atoms with E-state index >= 15 is 0 Å². The highest BCUT2D eigenvalue weighted by Gasteiger charge is 2.25. The fourth-order valence-electron chi connectivity index (χ4n) is 3.27. The van der Waals surface area contributed by atoms with Gasteiger partial charge in [0, 0.05) is 44.5 Å². The van der Waals surface area contributed by atoms with Gasteiger partial charge in [0.05, 0.1) is 0 Å². The Morgan fingerprint density at radius 1 is 1.24 bits per heavy atom. The van der Waals surface area contributed by atoms with Crippen LogP contribution < -0.4 is 10.2 Å². The lowest BCUT2D eigenvalue weighted by Crippen LogP contribution is -2.51. The topological polar surface area (TPSA) is 55.8 Å². The minimum atomic E-state index is 0.00142. The van der Waals surface area contributed by atoms with E-state index in [-0.39, 0.29) is 24.1 Å². The van der Waals surface area contributed by atoms with Gasteiger partial charge in [-0.05, 0) is 36.8 Å². The van der Waals surface area contributed by atoms with E-state index in [0.29, 0.717) is 19.5 Å². The second-order valence-electron chi connectivity index (χ2n) is 8.11. The van der Waals surface area contributed by atoms with Crippen LogP contribution in [0.1, 0.15) is 40.0 Å². The van der Waals surface area contributed by atoms with Crippen molar-refractivity contribution in [3.63, 3.8) is 0 Å². The standard InChI is InChI=1S/C20H33N3O2/c1-20(2,3)16-23(12-7-15-24)19(25)21-17-10-13-22(14-11-17)18-8-5-4-6-9-18/h4-6,8-9,17,24H,7,10-16H2,1-3H3,(H,21,25). The average Bonchev–Trinajstić information content (AvgIpc) is 2.59. The van der Waals surface area contributed by atoms with E-state index in [0.717, 1.165) is 25.9 Å². The first-order chi connectivity index (χ1) is 11.9. The van der Waals surface area contributed by atoms with Gasteiger partial charge in [-0.2, -0.15) is 0 Å². The number of carbonyl (C=O) groups is 1. The van der Waals surface area contributed by atoms with Gasteiger partial charge in [-0.15, -0.1) is 0 Å². The number of aliphatic hydroxyl groups is 1. The molecule has 2 amide bonds. The van der Waals surface area contributed by atoms with Crippen LogP contribution in [0.4, 0.5) is 10.5 Å². The van der Waals surface area contributed by atoms with Gasteiger partial charge in [0.25, 0.3) is 0 Å². The molecule has 25 heavy (non-hydrogen) atoms. The van der Waals surface area contributed by atoms with Crippen LogP contribution in [0.2, 0.25) is 0 Å². The molecule has 0 spiro atoms. The Hall–Kier alpha value is -1.75. The fraction of sp³-hybridized carbons (Fsp3) is 0.650. The minimum absolute atomic E-state index is 0.00142. The maximum Gasteiger partial charge on any atom is 0.317 e. The van der Waals surface area contributed by atoms with E-state index in [1.165, 1.54) is 5.69 Å². The maximum absolute atomic E-state index is 12.7. The van der Waals surface area contributed by atoms with Crippen molar-refractivity contribution in [2.75, 3.05) is 37.7 Å². The highest BCUT2D eigenvalue weighted by atomic mass is 16.3. The summed E-state index contributed by atoms with van der Waals surface area (Å²) in [6.07, 6.45) is 2.55. The molecule has 2 N–H and O–H groups in total. The zero-order valence-electron chi connectivity index (χ0n) is 15.9. The minimum Gasteiger partial charge on any atom is -0.396 e. The van der Waals surface area contributed by atoms with Crippen LogP contribution >= 0.6 is 0 Å². The smallest absolute Gasteiger partial charge is 0.317 e. The highest BCUT2D eigenvalue weighted by molar-refractivity contribution is 5.74. The molecule has 0 bridgehead atoms. The van der Waals surface area contributed by atoms with Crippen LogP contribution in [0, 0.1) is 5.41 Å². The summed E-state index contributed by atoms with van der Waals surface area (Å²) in [6.45, 7) is 9.73. The summed E-state index contributed by atoms with van der Waals surface area (Å²) in [5, 5.41) is 12.3. The number of para-hydroxylation sites is 1. The second kappa shape index (κ2) is 9.09. The van der Waals surface area contributed by atoms with Crippen molar-refractivity contribution in [3.8, 4) is 0 Å². The molecule has 0 unspecified atom stereocenters. The van der Waals surface area contributed by atoms with Crippen molar-refractivity contribution >= 4 is 11.7 Å². The summed E-state index contributed by atoms with van der Waals surface area (Å²) in [5.41, 5.74) is 1.30. The second-order valence-corrected chi connectivity index (χ2v) is 8.11. The molecule has 5 heteroatoms. The number of carbonyl (C=O) groups excluding carboxylic acids is 1. The molecule has 1 aliphatic heterocycles. The molecule has 1 heterocycles. The van der Waals surface area contributed by atoms with Crippen LogP contribution in [-0.4, -0.2) is 54.9 Å². The zero-order chi connectivity index (χ0) is 18.3. The van der Waals surface area contributed by atoms with Gasteiger partial charge >= 0.3 is 6.03 Å². The number of nitrogens with one attached hydrogen (secondary N) is 1. The number of rotatable bonds is 6. The zero-order valence-corrected chi connectivity index (χ0v) is 15.9. The van der Waals surface area contributed by atoms with Crippen molar-refractivity contribution in [3.05, 3.63) is 30.3 Å². The third-order valence-corrected chi connectivity index (χ3v) is 4.48. The molecule has 2 rings (SSSR count). The molecule has 1 aliphatic rings. The fourth-order valence-corrected chi connectivity index (χ4v) is 3.27. The molecular weight excluding hydrogens is 314 g/mol. The molecule has 1 fully saturated rings. The lowest BCUT2D eigenvalue weighted by atomic mass is 9.96. The Morgan fingerprint density at radius 3 is 2.44 bits per heavy atom. The molecule has 1 aromatic carbocycles. The summed E-state index contributed by atoms with van der Waals surface area (Å²) in [5.74, 6) is 0. The monoisotopic (exact) mass is 347 g/mol. The Balaban J connectivity index is 1.85. The van der Waals surface area contributed by atoms with Crippen molar-refractivity contribution in [1.29, 1.82) is 0 Å². The molecule has 140 valence electrons. The van der Waals surface area contributed by atoms with Crippen molar-refractivity contribution in [2.24, 2.45) is 5.41 Å². The lowest BCUT2D eigenvalue weighted by Gasteiger charge is -2.36. The lowest BCUT2D eigenvalue weighted by molar-refractivity contribution is 0.160. The normalized spacial score (nSPS) is 15.9. The first-order valence-corrected chi connectivity index (χ1v) is 9.35. The predicted octanol–water partition coefficient (Wildman–Crippen LogP) is 3.10. The number of amides is 2. The van der Waals surface area contributed by atoms with Gasteiger partial charge in [0.1, 0.15) is 0 Å². The van der Waals surface area contributed by atoms with Crippen molar-refractivity contribution in [2.45, 2.75) is 46.1 Å². The Kier molecular flexibility index (Phi) is 7.12. The summed E-state index contributed by atoms with van der Waals surface area (Å²) < 4.78 is 0. The van der Waals surface area contributed by atoms with Crippen LogP contribution in [0.15, 0.2) is 30.3 Å². The predicted molar refractivity (Wildman–Crippen MR) is 103 cm³/mol. The van der Waals surface area contributed by atoms with Crippen LogP contribution in [0.25, 0.3) is 0 Å². The number of aliphatic hydroxyl groups excluding tert-OH is 1. The first-order valence-electron chi connectivity index (χ1n) is 9.35. The van der Waals surface area contributed by atoms with E-state index in [4.69, 9.17) is 5.11 Å². The molecule has 1 aromatic rings. The largest absolute Gasteiger partial charge is 0.396 e. The summed E-state index contributed by atoms with van der Waals surface area (Å²) >= 11 is 0.